The van der Waals surface area contributed by atoms with E-state index in [1.165, 1.54) is 35.4 Å². The number of hydrogen-bond donors (Lipinski definition) is 3. The monoisotopic (exact) mass is 430 g/mol. The van der Waals surface area contributed by atoms with Gasteiger partial charge in [0.05, 0.1) is 4.90 Å². The lowest BCUT2D eigenvalue weighted by atomic mass is 9.86. The molecule has 2 aromatic carbocycles. The van der Waals surface area contributed by atoms with E-state index in [9.17, 15) is 13.2 Å². The van der Waals surface area contributed by atoms with Crippen molar-refractivity contribution >= 4 is 21.7 Å². The zero-order chi connectivity index (χ0) is 21.9. The fourth-order valence-electron chi connectivity index (χ4n) is 3.56. The minimum Gasteiger partial charge on any atom is -0.333 e. The minimum atomic E-state index is -3.76. The molecule has 1 aliphatic rings. The van der Waals surface area contributed by atoms with Crippen molar-refractivity contribution in [2.45, 2.75) is 44.7 Å². The molecule has 0 saturated heterocycles. The third-order valence-electron chi connectivity index (χ3n) is 5.44. The Balaban J connectivity index is 1.63. The van der Waals surface area contributed by atoms with Gasteiger partial charge in [-0.2, -0.15) is 0 Å². The van der Waals surface area contributed by atoms with Crippen molar-refractivity contribution in [3.8, 4) is 0 Å². The Morgan fingerprint density at radius 1 is 1.10 bits per heavy atom. The number of anilines is 1. The van der Waals surface area contributed by atoms with Crippen LogP contribution in [0.3, 0.4) is 0 Å². The maximum Gasteiger partial charge on any atom is 0.319 e. The summed E-state index contributed by atoms with van der Waals surface area (Å²) < 4.78 is 22.7. The summed E-state index contributed by atoms with van der Waals surface area (Å²) in [7, 11) is -3.76. The molecule has 0 fully saturated rings. The lowest BCUT2D eigenvalue weighted by Crippen LogP contribution is -2.52. The van der Waals surface area contributed by atoms with Crippen molar-refractivity contribution in [3.05, 3.63) is 59.7 Å². The number of hydrogen-bond acceptors (Lipinski definition) is 4. The van der Waals surface area contributed by atoms with E-state index in [0.717, 1.165) is 26.1 Å². The number of nitrogens with two attached hydrogens (primary N) is 1. The number of carbonyl (C=O) groups is 1. The van der Waals surface area contributed by atoms with E-state index in [1.807, 2.05) is 0 Å². The number of nitrogens with zero attached hydrogens (tertiary/aromatic N) is 1. The summed E-state index contributed by atoms with van der Waals surface area (Å²) >= 11 is 0. The summed E-state index contributed by atoms with van der Waals surface area (Å²) in [4.78, 5) is 15.0. The zero-order valence-corrected chi connectivity index (χ0v) is 18.5. The van der Waals surface area contributed by atoms with Crippen LogP contribution in [0.1, 0.15) is 31.9 Å². The molecule has 0 unspecified atom stereocenters. The van der Waals surface area contributed by atoms with Gasteiger partial charge in [0.15, 0.2) is 0 Å². The largest absolute Gasteiger partial charge is 0.333 e. The minimum absolute atomic E-state index is 0.00593. The summed E-state index contributed by atoms with van der Waals surface area (Å²) in [5.74, 6) is 0. The highest BCUT2D eigenvalue weighted by Gasteiger charge is 2.29. The number of fused-ring (bicyclic) bond motifs is 1. The maximum absolute atomic E-state index is 12.6. The van der Waals surface area contributed by atoms with Gasteiger partial charge in [0.2, 0.25) is 10.0 Å². The number of carbonyl (C=O) groups excluding carboxylic acids is 1. The molecule has 8 heteroatoms. The van der Waals surface area contributed by atoms with Gasteiger partial charge >= 0.3 is 6.03 Å². The summed E-state index contributed by atoms with van der Waals surface area (Å²) in [6.45, 7) is 8.91. The smallest absolute Gasteiger partial charge is 0.319 e. The van der Waals surface area contributed by atoms with Gasteiger partial charge in [-0.05, 0) is 47.2 Å². The molecule has 1 aliphatic heterocycles. The van der Waals surface area contributed by atoms with Crippen molar-refractivity contribution in [2.75, 3.05) is 18.4 Å². The molecule has 0 aliphatic carbocycles. The third-order valence-corrected chi connectivity index (χ3v) is 6.37. The molecule has 2 aromatic rings. The highest BCUT2D eigenvalue weighted by molar-refractivity contribution is 7.89. The lowest BCUT2D eigenvalue weighted by Gasteiger charge is -2.37. The number of nitrogens with one attached hydrogen (secondary N) is 2. The number of urea groups is 1. The first-order chi connectivity index (χ1) is 14.0. The van der Waals surface area contributed by atoms with Crippen molar-refractivity contribution in [3.63, 3.8) is 0 Å². The molecular weight excluding hydrogens is 400 g/mol. The summed E-state index contributed by atoms with van der Waals surface area (Å²) in [6.07, 6.45) is 1.01. The number of amides is 2. The number of sulfonamides is 1. The Bertz CT molecular complexity index is 998. The first-order valence-electron chi connectivity index (χ1n) is 10.0. The highest BCUT2D eigenvalue weighted by Crippen LogP contribution is 2.24. The molecule has 3 rings (SSSR count). The van der Waals surface area contributed by atoms with Crippen LogP contribution in [0.4, 0.5) is 10.5 Å². The van der Waals surface area contributed by atoms with E-state index in [0.29, 0.717) is 5.69 Å². The molecule has 1 atom stereocenters. The molecule has 4 N–H and O–H groups in total. The molecule has 0 aromatic heterocycles. The molecule has 0 spiro atoms. The van der Waals surface area contributed by atoms with Gasteiger partial charge in [-0.15, -0.1) is 0 Å². The fourth-order valence-corrected chi connectivity index (χ4v) is 4.07. The molecule has 162 valence electrons. The van der Waals surface area contributed by atoms with E-state index >= 15 is 0 Å². The van der Waals surface area contributed by atoms with Crippen LogP contribution in [0.5, 0.6) is 0 Å². The third kappa shape index (κ3) is 5.81. The molecule has 0 saturated carbocycles. The van der Waals surface area contributed by atoms with Gasteiger partial charge in [-0.1, -0.05) is 45.0 Å². The molecule has 2 amide bonds. The maximum atomic E-state index is 12.6. The number of primary sulfonamides is 1. The second kappa shape index (κ2) is 8.75. The van der Waals surface area contributed by atoms with Crippen molar-refractivity contribution in [1.29, 1.82) is 0 Å². The van der Waals surface area contributed by atoms with Gasteiger partial charge in [-0.25, -0.2) is 18.4 Å². The van der Waals surface area contributed by atoms with Crippen LogP contribution in [0.15, 0.2) is 53.4 Å². The molecule has 30 heavy (non-hydrogen) atoms. The average molecular weight is 431 g/mol. The fraction of sp³-hybridized carbons (Fsp3) is 0.409. The summed E-state index contributed by atoms with van der Waals surface area (Å²) in [5.41, 5.74) is 3.11. The van der Waals surface area contributed by atoms with Gasteiger partial charge in [-0.3, -0.25) is 4.90 Å². The van der Waals surface area contributed by atoms with E-state index in [4.69, 9.17) is 5.14 Å². The van der Waals surface area contributed by atoms with Crippen LogP contribution in [-0.4, -0.2) is 38.5 Å². The molecule has 0 bridgehead atoms. The normalized spacial score (nSPS) is 15.9. The van der Waals surface area contributed by atoms with Crippen LogP contribution in [0.25, 0.3) is 0 Å². The molecule has 0 radical (unpaired) electrons. The quantitative estimate of drug-likeness (QED) is 0.678. The predicted octanol–water partition coefficient (Wildman–Crippen LogP) is 2.93. The van der Waals surface area contributed by atoms with Gasteiger partial charge in [0.1, 0.15) is 0 Å². The van der Waals surface area contributed by atoms with E-state index in [2.05, 4.69) is 60.6 Å². The average Bonchev–Trinajstić information content (AvgIpc) is 2.66. The Morgan fingerprint density at radius 2 is 1.73 bits per heavy atom. The van der Waals surface area contributed by atoms with Crippen molar-refractivity contribution < 1.29 is 13.2 Å². The zero-order valence-electron chi connectivity index (χ0n) is 17.7. The molecule has 1 heterocycles. The Morgan fingerprint density at radius 3 is 2.33 bits per heavy atom. The van der Waals surface area contributed by atoms with Crippen LogP contribution in [0, 0.1) is 5.41 Å². The predicted molar refractivity (Wildman–Crippen MR) is 119 cm³/mol. The Hall–Kier alpha value is -2.42. The standard InChI is InChI=1S/C22H30N4O3S/c1-22(2,3)20(15-26-13-12-16-6-4-5-7-17(16)14-26)25-21(27)24-18-8-10-19(11-9-18)30(23,28)29/h4-11,20H,12-15H2,1-3H3,(H2,23,28,29)(H2,24,25,27)/t20-/m1/s1. The Labute approximate surface area is 178 Å². The van der Waals surface area contributed by atoms with Crippen LogP contribution in [-0.2, 0) is 23.0 Å². The topological polar surface area (TPSA) is 105 Å². The summed E-state index contributed by atoms with van der Waals surface area (Å²) in [6, 6.07) is 13.9. The van der Waals surface area contributed by atoms with Crippen molar-refractivity contribution in [2.24, 2.45) is 10.6 Å². The lowest BCUT2D eigenvalue weighted by molar-refractivity contribution is 0.164. The molecule has 7 nitrogen and oxygen atoms in total. The van der Waals surface area contributed by atoms with Crippen molar-refractivity contribution in [1.82, 2.24) is 10.2 Å². The molecular formula is C22H30N4O3S. The SMILES string of the molecule is CC(C)(C)[C@@H](CN1CCc2ccccc2C1)NC(=O)Nc1ccc(S(N)(=O)=O)cc1. The Kier molecular flexibility index (Phi) is 6.50. The summed E-state index contributed by atoms with van der Waals surface area (Å²) in [5, 5.41) is 11.0. The van der Waals surface area contributed by atoms with E-state index < -0.39 is 10.0 Å². The van der Waals surface area contributed by atoms with E-state index in [1.54, 1.807) is 0 Å². The second-order valence-corrected chi connectivity index (χ2v) is 10.4. The second-order valence-electron chi connectivity index (χ2n) is 8.84. The van der Waals surface area contributed by atoms with Gasteiger partial charge < -0.3 is 10.6 Å². The first kappa shape index (κ1) is 22.3. The van der Waals surface area contributed by atoms with Crippen LogP contribution < -0.4 is 15.8 Å². The first-order valence-corrected chi connectivity index (χ1v) is 11.6. The highest BCUT2D eigenvalue weighted by atomic mass is 32.2. The van der Waals surface area contributed by atoms with Crippen LogP contribution >= 0.6 is 0 Å². The number of rotatable bonds is 5. The number of benzene rings is 2. The van der Waals surface area contributed by atoms with Crippen LogP contribution in [0.2, 0.25) is 0 Å². The van der Waals surface area contributed by atoms with Gasteiger partial charge in [0.25, 0.3) is 0 Å². The van der Waals surface area contributed by atoms with E-state index in [-0.39, 0.29) is 22.4 Å². The van der Waals surface area contributed by atoms with Gasteiger partial charge in [0, 0.05) is 31.4 Å².